The summed E-state index contributed by atoms with van der Waals surface area (Å²) in [5.41, 5.74) is 11.8. The Balaban J connectivity index is 1.24. The van der Waals surface area contributed by atoms with Crippen LogP contribution in [0, 0.1) is 0 Å². The van der Waals surface area contributed by atoms with Crippen molar-refractivity contribution >= 4 is 88.8 Å². The number of hydrogen-bond acceptors (Lipinski definition) is 4. The lowest BCUT2D eigenvalue weighted by atomic mass is 10.0. The third-order valence-corrected chi connectivity index (χ3v) is 10.8. The van der Waals surface area contributed by atoms with Crippen LogP contribution >= 0.6 is 0 Å². The molecule has 0 fully saturated rings. The summed E-state index contributed by atoms with van der Waals surface area (Å²) < 4.78 is 13.5. The van der Waals surface area contributed by atoms with Crippen LogP contribution in [0.4, 0.5) is 34.1 Å². The molecule has 264 valence electrons. The van der Waals surface area contributed by atoms with Gasteiger partial charge in [0.2, 0.25) is 0 Å². The zero-order valence-electron chi connectivity index (χ0n) is 30.3. The molecule has 0 saturated carbocycles. The van der Waals surface area contributed by atoms with E-state index < -0.39 is 0 Å². The maximum Gasteiger partial charge on any atom is 0.143 e. The van der Waals surface area contributed by atoms with Crippen molar-refractivity contribution in [3.63, 3.8) is 0 Å². The summed E-state index contributed by atoms with van der Waals surface area (Å²) in [6.45, 7) is 0. The molecule has 0 aliphatic carbocycles. The number of hydrogen-bond donors (Lipinski definition) is 0. The summed E-state index contributed by atoms with van der Waals surface area (Å²) >= 11 is 0. The van der Waals surface area contributed by atoms with Crippen LogP contribution in [-0.4, -0.2) is 0 Å². The van der Waals surface area contributed by atoms with Crippen molar-refractivity contribution in [1.82, 2.24) is 0 Å². The molecule has 4 heteroatoms. The van der Waals surface area contributed by atoms with Gasteiger partial charge in [-0.05, 0) is 83.2 Å². The van der Waals surface area contributed by atoms with E-state index in [-0.39, 0.29) is 0 Å². The molecule has 4 nitrogen and oxygen atoms in total. The van der Waals surface area contributed by atoms with Crippen LogP contribution in [0.25, 0.3) is 65.8 Å². The van der Waals surface area contributed by atoms with Crippen LogP contribution in [0.5, 0.6) is 0 Å². The second-order valence-corrected chi connectivity index (χ2v) is 14.1. The fourth-order valence-corrected chi connectivity index (χ4v) is 8.29. The quantitative estimate of drug-likeness (QED) is 0.164. The molecule has 0 N–H and O–H groups in total. The fraction of sp³-hybridized carbons (Fsp3) is 0. The van der Waals surface area contributed by atoms with Crippen molar-refractivity contribution in [2.75, 3.05) is 9.80 Å². The number of rotatable bonds is 7. The van der Waals surface area contributed by atoms with Crippen molar-refractivity contribution in [3.8, 4) is 11.1 Å². The lowest BCUT2D eigenvalue weighted by Crippen LogP contribution is -2.13. The van der Waals surface area contributed by atoms with Crippen molar-refractivity contribution in [1.29, 1.82) is 0 Å². The van der Waals surface area contributed by atoms with Gasteiger partial charge in [0, 0.05) is 39.3 Å². The van der Waals surface area contributed by atoms with Crippen LogP contribution < -0.4 is 9.80 Å². The molecule has 0 saturated heterocycles. The summed E-state index contributed by atoms with van der Waals surface area (Å²) in [5, 5.41) is 6.46. The lowest BCUT2D eigenvalue weighted by molar-refractivity contribution is 0.669. The Labute approximate surface area is 323 Å². The van der Waals surface area contributed by atoms with E-state index in [9.17, 15) is 0 Å². The number of benzene rings is 9. The molecular weight excluding hydrogens is 685 g/mol. The van der Waals surface area contributed by atoms with Crippen molar-refractivity contribution in [2.24, 2.45) is 0 Å². The molecule has 0 aliphatic heterocycles. The number of fused-ring (bicyclic) bond motifs is 8. The first-order valence-electron chi connectivity index (χ1n) is 18.9. The normalized spacial score (nSPS) is 11.6. The van der Waals surface area contributed by atoms with E-state index in [1.807, 2.05) is 12.1 Å². The highest BCUT2D eigenvalue weighted by Crippen LogP contribution is 2.50. The van der Waals surface area contributed by atoms with Crippen LogP contribution in [0.15, 0.2) is 215 Å². The number of anilines is 6. The highest BCUT2D eigenvalue weighted by Gasteiger charge is 2.26. The van der Waals surface area contributed by atoms with Crippen LogP contribution in [0.2, 0.25) is 0 Å². The van der Waals surface area contributed by atoms with E-state index in [0.717, 1.165) is 94.3 Å². The summed E-state index contributed by atoms with van der Waals surface area (Å²) in [6.07, 6.45) is 0. The standard InChI is InChI=1S/C52H34N2O2/c1-4-15-35(16-5-1)36-27-30-40(31-28-36)54(45-24-14-26-48-50(45)43-23-12-13-25-47(43)55-48)41-33-46(53(38-18-6-2-7-19-38)39-20-8-3-9-21-39)51-44-32-29-37-17-10-11-22-42(37)52(44)56-49(51)34-41/h1-34H. The van der Waals surface area contributed by atoms with Gasteiger partial charge in [0.25, 0.3) is 0 Å². The maximum atomic E-state index is 7.04. The fourth-order valence-electron chi connectivity index (χ4n) is 8.29. The van der Waals surface area contributed by atoms with E-state index in [4.69, 9.17) is 8.83 Å². The second kappa shape index (κ2) is 13.1. The number of furan rings is 2. The van der Waals surface area contributed by atoms with E-state index in [0.29, 0.717) is 0 Å². The molecule has 11 aromatic rings. The van der Waals surface area contributed by atoms with Crippen molar-refractivity contribution in [2.45, 2.75) is 0 Å². The topological polar surface area (TPSA) is 32.8 Å². The Morgan fingerprint density at radius 3 is 1.62 bits per heavy atom. The van der Waals surface area contributed by atoms with Gasteiger partial charge in [-0.25, -0.2) is 0 Å². The molecule has 0 amide bonds. The number of nitrogens with zero attached hydrogens (tertiary/aromatic N) is 2. The van der Waals surface area contributed by atoms with Gasteiger partial charge in [0.05, 0.1) is 27.8 Å². The summed E-state index contributed by atoms with van der Waals surface area (Å²) in [6, 6.07) is 72.5. The molecule has 2 aromatic heterocycles. The molecule has 0 spiro atoms. The van der Waals surface area contributed by atoms with E-state index >= 15 is 0 Å². The molecule has 56 heavy (non-hydrogen) atoms. The molecule has 9 aromatic carbocycles. The highest BCUT2D eigenvalue weighted by atomic mass is 16.3. The zero-order valence-corrected chi connectivity index (χ0v) is 30.3. The molecule has 11 rings (SSSR count). The minimum absolute atomic E-state index is 0.802. The third kappa shape index (κ3) is 5.23. The molecule has 0 radical (unpaired) electrons. The Kier molecular flexibility index (Phi) is 7.46. The first-order valence-corrected chi connectivity index (χ1v) is 18.9. The van der Waals surface area contributed by atoms with Gasteiger partial charge in [0.15, 0.2) is 0 Å². The maximum absolute atomic E-state index is 7.04. The largest absolute Gasteiger partial charge is 0.456 e. The van der Waals surface area contributed by atoms with Gasteiger partial charge >= 0.3 is 0 Å². The van der Waals surface area contributed by atoms with Gasteiger partial charge < -0.3 is 18.6 Å². The van der Waals surface area contributed by atoms with E-state index in [2.05, 4.69) is 204 Å². The molecular formula is C52H34N2O2. The first-order chi connectivity index (χ1) is 27.8. The first kappa shape index (κ1) is 31.9. The predicted octanol–water partition coefficient (Wildman–Crippen LogP) is 15.2. The predicted molar refractivity (Wildman–Crippen MR) is 233 cm³/mol. The van der Waals surface area contributed by atoms with Crippen molar-refractivity contribution < 1.29 is 8.83 Å². The van der Waals surface area contributed by atoms with Gasteiger partial charge in [-0.15, -0.1) is 0 Å². The molecule has 0 atom stereocenters. The summed E-state index contributed by atoms with van der Waals surface area (Å²) in [4.78, 5) is 4.70. The minimum Gasteiger partial charge on any atom is -0.456 e. The molecule has 0 unspecified atom stereocenters. The third-order valence-electron chi connectivity index (χ3n) is 10.8. The highest BCUT2D eigenvalue weighted by molar-refractivity contribution is 6.21. The summed E-state index contributed by atoms with van der Waals surface area (Å²) in [7, 11) is 0. The number of para-hydroxylation sites is 3. The van der Waals surface area contributed by atoms with Gasteiger partial charge in [-0.3, -0.25) is 0 Å². The zero-order chi connectivity index (χ0) is 37.0. The van der Waals surface area contributed by atoms with Crippen LogP contribution in [-0.2, 0) is 0 Å². The molecule has 0 aliphatic rings. The van der Waals surface area contributed by atoms with Crippen LogP contribution in [0.3, 0.4) is 0 Å². The average Bonchev–Trinajstić information content (AvgIpc) is 3.85. The Hall–Kier alpha value is -7.56. The Morgan fingerprint density at radius 2 is 0.875 bits per heavy atom. The van der Waals surface area contributed by atoms with Crippen molar-refractivity contribution in [3.05, 3.63) is 206 Å². The second-order valence-electron chi connectivity index (χ2n) is 14.1. The average molecular weight is 719 g/mol. The Bertz CT molecular complexity index is 3150. The lowest BCUT2D eigenvalue weighted by Gasteiger charge is -2.30. The van der Waals surface area contributed by atoms with Gasteiger partial charge in [-0.1, -0.05) is 133 Å². The van der Waals surface area contributed by atoms with Gasteiger partial charge in [0.1, 0.15) is 22.3 Å². The molecule has 0 bridgehead atoms. The monoisotopic (exact) mass is 718 g/mol. The van der Waals surface area contributed by atoms with E-state index in [1.165, 1.54) is 5.56 Å². The smallest absolute Gasteiger partial charge is 0.143 e. The Morgan fingerprint density at radius 1 is 0.304 bits per heavy atom. The SMILES string of the molecule is c1ccc(-c2ccc(N(c3cc(N(c4ccccc4)c4ccccc4)c4c(c3)oc3c5ccccc5ccc34)c3cccc4oc5ccccc5c34)cc2)cc1. The summed E-state index contributed by atoms with van der Waals surface area (Å²) in [5.74, 6) is 0. The van der Waals surface area contributed by atoms with E-state index in [1.54, 1.807) is 0 Å². The van der Waals surface area contributed by atoms with Gasteiger partial charge in [-0.2, -0.15) is 0 Å². The minimum atomic E-state index is 0.802. The molecule has 2 heterocycles. The van der Waals surface area contributed by atoms with Crippen LogP contribution in [0.1, 0.15) is 0 Å².